The number of methoxy groups -OCH3 is 1. The first-order valence-electron chi connectivity index (χ1n) is 6.85. The lowest BCUT2D eigenvalue weighted by Crippen LogP contribution is -2.49. The molecule has 0 saturated heterocycles. The molecule has 0 spiro atoms. The SMILES string of the molecule is CCNC(C)C(C)(C)CN(CC)C(C)COC. The topological polar surface area (TPSA) is 24.5 Å². The third-order valence-corrected chi connectivity index (χ3v) is 3.73. The zero-order valence-electron chi connectivity index (χ0n) is 12.8. The lowest BCUT2D eigenvalue weighted by atomic mass is 9.84. The fourth-order valence-electron chi connectivity index (χ4n) is 2.17. The number of hydrogen-bond acceptors (Lipinski definition) is 3. The van der Waals surface area contributed by atoms with E-state index in [1.165, 1.54) is 0 Å². The number of hydrogen-bond donors (Lipinski definition) is 1. The van der Waals surface area contributed by atoms with Crippen LogP contribution in [0, 0.1) is 5.41 Å². The first-order valence-corrected chi connectivity index (χ1v) is 6.85. The molecule has 0 fully saturated rings. The van der Waals surface area contributed by atoms with E-state index in [2.05, 4.69) is 51.8 Å². The summed E-state index contributed by atoms with van der Waals surface area (Å²) in [4.78, 5) is 2.50. The van der Waals surface area contributed by atoms with Crippen LogP contribution in [0.15, 0.2) is 0 Å². The highest BCUT2D eigenvalue weighted by molar-refractivity contribution is 4.84. The van der Waals surface area contributed by atoms with E-state index in [4.69, 9.17) is 4.74 Å². The van der Waals surface area contributed by atoms with Gasteiger partial charge in [0.05, 0.1) is 6.61 Å². The van der Waals surface area contributed by atoms with Crippen LogP contribution in [-0.2, 0) is 4.74 Å². The van der Waals surface area contributed by atoms with E-state index in [9.17, 15) is 0 Å². The summed E-state index contributed by atoms with van der Waals surface area (Å²) < 4.78 is 5.25. The van der Waals surface area contributed by atoms with Crippen LogP contribution in [-0.4, -0.2) is 50.3 Å². The van der Waals surface area contributed by atoms with Crippen LogP contribution in [0.4, 0.5) is 0 Å². The van der Waals surface area contributed by atoms with Crippen molar-refractivity contribution < 1.29 is 4.74 Å². The second-order valence-corrected chi connectivity index (χ2v) is 5.64. The third kappa shape index (κ3) is 5.84. The van der Waals surface area contributed by atoms with Gasteiger partial charge in [0, 0.05) is 25.7 Å². The fourth-order valence-corrected chi connectivity index (χ4v) is 2.17. The van der Waals surface area contributed by atoms with Gasteiger partial charge in [-0.15, -0.1) is 0 Å². The number of rotatable bonds is 9. The molecule has 0 aromatic rings. The highest BCUT2D eigenvalue weighted by atomic mass is 16.5. The highest BCUT2D eigenvalue weighted by Crippen LogP contribution is 2.23. The van der Waals surface area contributed by atoms with Gasteiger partial charge in [-0.25, -0.2) is 0 Å². The first-order chi connectivity index (χ1) is 7.88. The molecule has 0 radical (unpaired) electrons. The second-order valence-electron chi connectivity index (χ2n) is 5.64. The summed E-state index contributed by atoms with van der Waals surface area (Å²) in [6, 6.07) is 1.01. The first kappa shape index (κ1) is 16.9. The van der Waals surface area contributed by atoms with Crippen molar-refractivity contribution in [1.29, 1.82) is 0 Å². The van der Waals surface area contributed by atoms with E-state index in [-0.39, 0.29) is 5.41 Å². The van der Waals surface area contributed by atoms with Gasteiger partial charge in [-0.1, -0.05) is 27.7 Å². The standard InChI is InChI=1S/C14H32N2O/c1-8-15-13(4)14(5,6)11-16(9-2)12(3)10-17-7/h12-13,15H,8-11H2,1-7H3. The number of nitrogens with zero attached hydrogens (tertiary/aromatic N) is 1. The molecule has 17 heavy (non-hydrogen) atoms. The Bertz CT molecular complexity index is 195. The lowest BCUT2D eigenvalue weighted by Gasteiger charge is -2.39. The Morgan fingerprint density at radius 3 is 2.24 bits per heavy atom. The van der Waals surface area contributed by atoms with Gasteiger partial charge in [0.2, 0.25) is 0 Å². The van der Waals surface area contributed by atoms with Gasteiger partial charge in [-0.05, 0) is 32.4 Å². The molecule has 0 aromatic heterocycles. The Balaban J connectivity index is 4.42. The molecule has 1 N–H and O–H groups in total. The van der Waals surface area contributed by atoms with Crippen LogP contribution in [0.1, 0.15) is 41.5 Å². The summed E-state index contributed by atoms with van der Waals surface area (Å²) >= 11 is 0. The van der Waals surface area contributed by atoms with Crippen LogP contribution in [0.3, 0.4) is 0 Å². The van der Waals surface area contributed by atoms with Crippen LogP contribution >= 0.6 is 0 Å². The van der Waals surface area contributed by atoms with Gasteiger partial charge in [0.15, 0.2) is 0 Å². The summed E-state index contributed by atoms with van der Waals surface area (Å²) in [6.45, 7) is 17.6. The summed E-state index contributed by atoms with van der Waals surface area (Å²) in [5.74, 6) is 0. The Hall–Kier alpha value is -0.120. The predicted molar refractivity (Wildman–Crippen MR) is 75.5 cm³/mol. The van der Waals surface area contributed by atoms with Gasteiger partial charge >= 0.3 is 0 Å². The number of ether oxygens (including phenoxy) is 1. The Labute approximate surface area is 108 Å². The van der Waals surface area contributed by atoms with Gasteiger partial charge in [-0.3, -0.25) is 4.90 Å². The Kier molecular flexibility index (Phi) is 8.01. The molecule has 3 heteroatoms. The average Bonchev–Trinajstić information content (AvgIpc) is 2.26. The molecule has 104 valence electrons. The third-order valence-electron chi connectivity index (χ3n) is 3.73. The molecule has 0 amide bonds. The van der Waals surface area contributed by atoms with Crippen molar-refractivity contribution in [2.75, 3.05) is 33.4 Å². The molecule has 0 aliphatic heterocycles. The maximum Gasteiger partial charge on any atom is 0.0615 e. The number of nitrogens with one attached hydrogen (secondary N) is 1. The molecule has 0 aliphatic carbocycles. The van der Waals surface area contributed by atoms with Crippen molar-refractivity contribution in [1.82, 2.24) is 10.2 Å². The number of likely N-dealkylation sites (N-methyl/N-ethyl adjacent to an activating group) is 1. The highest BCUT2D eigenvalue weighted by Gasteiger charge is 2.28. The maximum absolute atomic E-state index is 5.25. The minimum Gasteiger partial charge on any atom is -0.383 e. The van der Waals surface area contributed by atoms with E-state index in [0.717, 1.165) is 26.2 Å². The van der Waals surface area contributed by atoms with Gasteiger partial charge in [0.25, 0.3) is 0 Å². The van der Waals surface area contributed by atoms with Crippen LogP contribution < -0.4 is 5.32 Å². The summed E-state index contributed by atoms with van der Waals surface area (Å²) in [5.41, 5.74) is 0.272. The van der Waals surface area contributed by atoms with E-state index < -0.39 is 0 Å². The second kappa shape index (κ2) is 8.06. The van der Waals surface area contributed by atoms with Crippen LogP contribution in [0.25, 0.3) is 0 Å². The van der Waals surface area contributed by atoms with Crippen molar-refractivity contribution in [2.24, 2.45) is 5.41 Å². The molecule has 3 nitrogen and oxygen atoms in total. The largest absolute Gasteiger partial charge is 0.383 e. The van der Waals surface area contributed by atoms with E-state index in [1.54, 1.807) is 7.11 Å². The minimum atomic E-state index is 0.272. The summed E-state index contributed by atoms with van der Waals surface area (Å²) in [7, 11) is 1.77. The van der Waals surface area contributed by atoms with Gasteiger partial charge in [-0.2, -0.15) is 0 Å². The zero-order valence-corrected chi connectivity index (χ0v) is 12.8. The smallest absolute Gasteiger partial charge is 0.0615 e. The zero-order chi connectivity index (χ0) is 13.5. The van der Waals surface area contributed by atoms with E-state index in [0.29, 0.717) is 12.1 Å². The maximum atomic E-state index is 5.25. The molecule has 0 aromatic carbocycles. The molecule has 2 atom stereocenters. The molecule has 0 bridgehead atoms. The molecule has 0 saturated carbocycles. The van der Waals surface area contributed by atoms with Crippen LogP contribution in [0.5, 0.6) is 0 Å². The van der Waals surface area contributed by atoms with Gasteiger partial charge in [0.1, 0.15) is 0 Å². The van der Waals surface area contributed by atoms with E-state index >= 15 is 0 Å². The molecule has 0 rings (SSSR count). The molecule has 0 aliphatic rings. The molecule has 2 unspecified atom stereocenters. The Morgan fingerprint density at radius 1 is 1.24 bits per heavy atom. The normalized spacial score (nSPS) is 16.2. The fraction of sp³-hybridized carbons (Fsp3) is 1.00. The van der Waals surface area contributed by atoms with E-state index in [1.807, 2.05) is 0 Å². The van der Waals surface area contributed by atoms with Gasteiger partial charge < -0.3 is 10.1 Å². The summed E-state index contributed by atoms with van der Waals surface area (Å²) in [6.07, 6.45) is 0. The quantitative estimate of drug-likeness (QED) is 0.674. The van der Waals surface area contributed by atoms with Crippen molar-refractivity contribution in [2.45, 2.75) is 53.6 Å². The van der Waals surface area contributed by atoms with Crippen molar-refractivity contribution in [3.8, 4) is 0 Å². The summed E-state index contributed by atoms with van der Waals surface area (Å²) in [5, 5.41) is 3.53. The Morgan fingerprint density at radius 2 is 1.82 bits per heavy atom. The average molecular weight is 244 g/mol. The molecular weight excluding hydrogens is 212 g/mol. The lowest BCUT2D eigenvalue weighted by molar-refractivity contribution is 0.0655. The van der Waals surface area contributed by atoms with Crippen molar-refractivity contribution in [3.63, 3.8) is 0 Å². The predicted octanol–water partition coefficient (Wildman–Crippen LogP) is 2.37. The minimum absolute atomic E-state index is 0.272. The molecule has 0 heterocycles. The van der Waals surface area contributed by atoms with Crippen molar-refractivity contribution in [3.05, 3.63) is 0 Å². The monoisotopic (exact) mass is 244 g/mol. The van der Waals surface area contributed by atoms with Crippen molar-refractivity contribution >= 4 is 0 Å². The van der Waals surface area contributed by atoms with Crippen LogP contribution in [0.2, 0.25) is 0 Å². The molecular formula is C14H32N2O.